The van der Waals surface area contributed by atoms with Gasteiger partial charge < -0.3 is 24.1 Å². The van der Waals surface area contributed by atoms with Crippen molar-refractivity contribution in [3.05, 3.63) is 47.9 Å². The van der Waals surface area contributed by atoms with Crippen LogP contribution in [0.4, 0.5) is 0 Å². The lowest BCUT2D eigenvalue weighted by atomic mass is 10.0. The molecule has 2 aliphatic rings. The van der Waals surface area contributed by atoms with Gasteiger partial charge in [0.25, 0.3) is 5.91 Å². The normalized spacial score (nSPS) is 18.7. The summed E-state index contributed by atoms with van der Waals surface area (Å²) in [5, 5.41) is 3.00. The Morgan fingerprint density at radius 2 is 1.96 bits per heavy atom. The second-order valence-electron chi connectivity index (χ2n) is 6.66. The van der Waals surface area contributed by atoms with E-state index in [-0.39, 0.29) is 18.7 Å². The molecule has 1 atom stereocenters. The molecule has 1 N–H and O–H groups in total. The second-order valence-corrected chi connectivity index (χ2v) is 6.66. The minimum Gasteiger partial charge on any atom is -0.459 e. The Kier molecular flexibility index (Phi) is 4.81. The average Bonchev–Trinajstić information content (AvgIpc) is 3.34. The molecule has 7 nitrogen and oxygen atoms in total. The Morgan fingerprint density at radius 1 is 1.15 bits per heavy atom. The Bertz CT molecular complexity index is 754. The summed E-state index contributed by atoms with van der Waals surface area (Å²) in [5.74, 6) is 1.66. The number of amides is 1. The van der Waals surface area contributed by atoms with Crippen molar-refractivity contribution in [2.75, 3.05) is 46.6 Å². The van der Waals surface area contributed by atoms with E-state index in [9.17, 15) is 4.79 Å². The largest absolute Gasteiger partial charge is 0.459 e. The first-order valence-corrected chi connectivity index (χ1v) is 8.84. The Balaban J connectivity index is 1.52. The molecule has 1 saturated heterocycles. The van der Waals surface area contributed by atoms with Crippen LogP contribution in [0.3, 0.4) is 0 Å². The number of furan rings is 1. The summed E-state index contributed by atoms with van der Waals surface area (Å²) in [6.07, 6.45) is 1.50. The van der Waals surface area contributed by atoms with E-state index < -0.39 is 0 Å². The third kappa shape index (κ3) is 3.54. The first-order chi connectivity index (χ1) is 12.7. The third-order valence-electron chi connectivity index (χ3n) is 4.96. The van der Waals surface area contributed by atoms with Crippen LogP contribution in [0.25, 0.3) is 0 Å². The molecule has 4 rings (SSSR count). The number of rotatable bonds is 5. The summed E-state index contributed by atoms with van der Waals surface area (Å²) in [7, 11) is 2.13. The van der Waals surface area contributed by atoms with Gasteiger partial charge in [0.1, 0.15) is 0 Å². The van der Waals surface area contributed by atoms with E-state index in [0.717, 1.165) is 43.2 Å². The second kappa shape index (κ2) is 7.39. The number of nitrogens with one attached hydrogen (secondary N) is 1. The van der Waals surface area contributed by atoms with Gasteiger partial charge >= 0.3 is 0 Å². The van der Waals surface area contributed by atoms with Crippen LogP contribution in [0, 0.1) is 0 Å². The number of carbonyl (C=O) groups is 1. The topological polar surface area (TPSA) is 67.2 Å². The van der Waals surface area contributed by atoms with Crippen LogP contribution in [0.2, 0.25) is 0 Å². The maximum Gasteiger partial charge on any atom is 0.287 e. The van der Waals surface area contributed by atoms with E-state index >= 15 is 0 Å². The molecule has 26 heavy (non-hydrogen) atoms. The summed E-state index contributed by atoms with van der Waals surface area (Å²) < 4.78 is 16.1. The number of ether oxygens (including phenoxy) is 2. The smallest absolute Gasteiger partial charge is 0.287 e. The molecule has 3 heterocycles. The molecule has 1 fully saturated rings. The van der Waals surface area contributed by atoms with Crippen molar-refractivity contribution >= 4 is 5.91 Å². The summed E-state index contributed by atoms with van der Waals surface area (Å²) in [5.41, 5.74) is 1.11. The molecule has 1 aromatic heterocycles. The molecule has 2 aromatic rings. The van der Waals surface area contributed by atoms with E-state index in [1.165, 1.54) is 6.26 Å². The highest BCUT2D eigenvalue weighted by Crippen LogP contribution is 2.35. The number of hydrogen-bond donors (Lipinski definition) is 1. The Hall–Kier alpha value is -2.51. The zero-order chi connectivity index (χ0) is 17.9. The van der Waals surface area contributed by atoms with E-state index in [1.807, 2.05) is 12.1 Å². The standard InChI is InChI=1S/C19H23N3O4/c1-21-6-8-22(9-7-21)15(12-20-19(23)17-3-2-10-24-17)14-4-5-16-18(11-14)26-13-25-16/h2-5,10-11,15H,6-9,12-13H2,1H3,(H,20,23)/t15-/m0/s1. The molecule has 2 aliphatic heterocycles. The van der Waals surface area contributed by atoms with E-state index in [1.54, 1.807) is 12.1 Å². The lowest BCUT2D eigenvalue weighted by Crippen LogP contribution is -2.48. The SMILES string of the molecule is CN1CCN([C@@H](CNC(=O)c2ccco2)c2ccc3c(c2)OCO3)CC1. The van der Waals surface area contributed by atoms with Crippen molar-refractivity contribution in [2.45, 2.75) is 6.04 Å². The van der Waals surface area contributed by atoms with Gasteiger partial charge in [-0.2, -0.15) is 0 Å². The molecular formula is C19H23N3O4. The number of carbonyl (C=O) groups excluding carboxylic acids is 1. The minimum absolute atomic E-state index is 0.0668. The van der Waals surface area contributed by atoms with Crippen molar-refractivity contribution in [2.24, 2.45) is 0 Å². The zero-order valence-electron chi connectivity index (χ0n) is 14.8. The number of nitrogens with zero attached hydrogens (tertiary/aromatic N) is 2. The summed E-state index contributed by atoms with van der Waals surface area (Å²) in [6.45, 7) is 4.68. The van der Waals surface area contributed by atoms with Crippen LogP contribution in [0.5, 0.6) is 11.5 Å². The molecule has 138 valence electrons. The van der Waals surface area contributed by atoms with Gasteiger partial charge in [0, 0.05) is 32.7 Å². The molecule has 1 amide bonds. The number of hydrogen-bond acceptors (Lipinski definition) is 6. The van der Waals surface area contributed by atoms with Gasteiger partial charge in [-0.15, -0.1) is 0 Å². The predicted molar refractivity (Wildman–Crippen MR) is 95.4 cm³/mol. The van der Waals surface area contributed by atoms with E-state index in [4.69, 9.17) is 13.9 Å². The first-order valence-electron chi connectivity index (χ1n) is 8.84. The summed E-state index contributed by atoms with van der Waals surface area (Å²) >= 11 is 0. The molecule has 0 radical (unpaired) electrons. The fraction of sp³-hybridized carbons (Fsp3) is 0.421. The molecule has 0 spiro atoms. The molecule has 0 aliphatic carbocycles. The lowest BCUT2D eigenvalue weighted by molar-refractivity contribution is 0.0863. The highest BCUT2D eigenvalue weighted by atomic mass is 16.7. The third-order valence-corrected chi connectivity index (χ3v) is 4.96. The average molecular weight is 357 g/mol. The number of piperazine rings is 1. The van der Waals surface area contributed by atoms with Crippen LogP contribution in [-0.4, -0.2) is 62.3 Å². The zero-order valence-corrected chi connectivity index (χ0v) is 14.8. The maximum absolute atomic E-state index is 12.3. The van der Waals surface area contributed by atoms with Gasteiger partial charge in [-0.05, 0) is 36.9 Å². The monoisotopic (exact) mass is 357 g/mol. The van der Waals surface area contributed by atoms with Gasteiger partial charge in [-0.1, -0.05) is 6.07 Å². The van der Waals surface area contributed by atoms with Crippen LogP contribution >= 0.6 is 0 Å². The minimum atomic E-state index is -0.199. The van der Waals surface area contributed by atoms with Crippen LogP contribution in [0.15, 0.2) is 41.0 Å². The fourth-order valence-electron chi connectivity index (χ4n) is 3.40. The molecule has 0 bridgehead atoms. The fourth-order valence-corrected chi connectivity index (χ4v) is 3.40. The maximum atomic E-state index is 12.3. The molecular weight excluding hydrogens is 334 g/mol. The molecule has 0 saturated carbocycles. The van der Waals surface area contributed by atoms with Gasteiger partial charge in [0.05, 0.1) is 12.3 Å². The molecule has 7 heteroatoms. The molecule has 0 unspecified atom stereocenters. The van der Waals surface area contributed by atoms with Crippen molar-refractivity contribution in [3.8, 4) is 11.5 Å². The van der Waals surface area contributed by atoms with Crippen molar-refractivity contribution in [1.29, 1.82) is 0 Å². The van der Waals surface area contributed by atoms with Crippen molar-refractivity contribution in [3.63, 3.8) is 0 Å². The highest BCUT2D eigenvalue weighted by Gasteiger charge is 2.26. The number of likely N-dealkylation sites (N-methyl/N-ethyl adjacent to an activating group) is 1. The van der Waals surface area contributed by atoms with Gasteiger partial charge in [-0.25, -0.2) is 0 Å². The van der Waals surface area contributed by atoms with Crippen LogP contribution < -0.4 is 14.8 Å². The van der Waals surface area contributed by atoms with Crippen molar-refractivity contribution < 1.29 is 18.7 Å². The van der Waals surface area contributed by atoms with Gasteiger partial charge in [-0.3, -0.25) is 9.69 Å². The molecule has 1 aromatic carbocycles. The Labute approximate surface area is 152 Å². The lowest BCUT2D eigenvalue weighted by Gasteiger charge is -2.38. The van der Waals surface area contributed by atoms with Crippen LogP contribution in [0.1, 0.15) is 22.2 Å². The quantitative estimate of drug-likeness (QED) is 0.879. The number of benzene rings is 1. The highest BCUT2D eigenvalue weighted by molar-refractivity contribution is 5.91. The summed E-state index contributed by atoms with van der Waals surface area (Å²) in [4.78, 5) is 17.0. The van der Waals surface area contributed by atoms with Gasteiger partial charge in [0.15, 0.2) is 17.3 Å². The summed E-state index contributed by atoms with van der Waals surface area (Å²) in [6, 6.07) is 9.46. The van der Waals surface area contributed by atoms with E-state index in [0.29, 0.717) is 12.3 Å². The van der Waals surface area contributed by atoms with E-state index in [2.05, 4.69) is 28.2 Å². The first kappa shape index (κ1) is 16.9. The van der Waals surface area contributed by atoms with Crippen LogP contribution in [-0.2, 0) is 0 Å². The Morgan fingerprint density at radius 3 is 2.73 bits per heavy atom. The van der Waals surface area contributed by atoms with Crippen molar-refractivity contribution in [1.82, 2.24) is 15.1 Å². The van der Waals surface area contributed by atoms with Gasteiger partial charge in [0.2, 0.25) is 6.79 Å². The number of fused-ring (bicyclic) bond motifs is 1. The predicted octanol–water partition coefficient (Wildman–Crippen LogP) is 1.73.